The van der Waals surface area contributed by atoms with E-state index in [-0.39, 0.29) is 13.2 Å². The molecule has 5 nitrogen and oxygen atoms in total. The molecule has 3 N–H and O–H groups in total. The normalized spacial score (nSPS) is 12.4. The lowest BCUT2D eigenvalue weighted by molar-refractivity contribution is -0.00419. The van der Waals surface area contributed by atoms with Crippen LogP contribution < -0.4 is 10.5 Å². The van der Waals surface area contributed by atoms with Crippen LogP contribution in [0.15, 0.2) is 24.3 Å². The van der Waals surface area contributed by atoms with Gasteiger partial charge >= 0.3 is 0 Å². The number of methoxy groups -OCH3 is 1. The largest absolute Gasteiger partial charge is 0.491 e. The van der Waals surface area contributed by atoms with Gasteiger partial charge in [0.1, 0.15) is 18.5 Å². The number of ether oxygens (including phenoxy) is 3. The molecule has 0 saturated carbocycles. The molecule has 0 aliphatic rings. The van der Waals surface area contributed by atoms with Crippen molar-refractivity contribution in [2.24, 2.45) is 0 Å². The summed E-state index contributed by atoms with van der Waals surface area (Å²) in [6, 6.07) is 7.01. The van der Waals surface area contributed by atoms with Crippen molar-refractivity contribution in [3.05, 3.63) is 24.3 Å². The Balaban J connectivity index is 2.14. The Morgan fingerprint density at radius 3 is 2.53 bits per heavy atom. The van der Waals surface area contributed by atoms with Crippen LogP contribution in [0.2, 0.25) is 0 Å². The lowest BCUT2D eigenvalue weighted by Gasteiger charge is -2.12. The van der Waals surface area contributed by atoms with Gasteiger partial charge in [-0.1, -0.05) is 0 Å². The molecular weight excluding hydrogens is 222 g/mol. The topological polar surface area (TPSA) is 73.9 Å². The predicted molar refractivity (Wildman–Crippen MR) is 65.1 cm³/mol. The van der Waals surface area contributed by atoms with Crippen molar-refractivity contribution in [2.75, 3.05) is 39.3 Å². The van der Waals surface area contributed by atoms with Crippen molar-refractivity contribution in [1.29, 1.82) is 0 Å². The highest BCUT2D eigenvalue weighted by Crippen LogP contribution is 2.13. The van der Waals surface area contributed by atoms with Gasteiger partial charge in [-0.3, -0.25) is 0 Å². The lowest BCUT2D eigenvalue weighted by Crippen LogP contribution is -2.24. The molecule has 0 radical (unpaired) electrons. The van der Waals surface area contributed by atoms with Crippen molar-refractivity contribution in [1.82, 2.24) is 0 Å². The molecule has 0 aliphatic heterocycles. The zero-order valence-electron chi connectivity index (χ0n) is 9.96. The van der Waals surface area contributed by atoms with E-state index in [0.717, 1.165) is 0 Å². The van der Waals surface area contributed by atoms with E-state index < -0.39 is 6.10 Å². The van der Waals surface area contributed by atoms with Gasteiger partial charge in [-0.2, -0.15) is 0 Å². The standard InChI is InChI=1S/C12H19NO4/c1-15-6-7-16-8-11(14)9-17-12-4-2-10(13)3-5-12/h2-5,11,14H,6-9,13H2,1H3. The molecule has 0 bridgehead atoms. The number of hydrogen-bond acceptors (Lipinski definition) is 5. The minimum Gasteiger partial charge on any atom is -0.491 e. The van der Waals surface area contributed by atoms with E-state index in [9.17, 15) is 5.11 Å². The summed E-state index contributed by atoms with van der Waals surface area (Å²) in [5, 5.41) is 9.55. The third-order valence-corrected chi connectivity index (χ3v) is 2.06. The summed E-state index contributed by atoms with van der Waals surface area (Å²) in [5.41, 5.74) is 6.22. The molecule has 0 aromatic heterocycles. The number of nitrogen functional groups attached to an aromatic ring is 1. The van der Waals surface area contributed by atoms with Crippen LogP contribution in [0, 0.1) is 0 Å². The highest BCUT2D eigenvalue weighted by molar-refractivity contribution is 5.41. The summed E-state index contributed by atoms with van der Waals surface area (Å²) < 4.78 is 15.3. The Bertz CT molecular complexity index is 302. The Hall–Kier alpha value is -1.30. The van der Waals surface area contributed by atoms with Crippen LogP contribution in [0.25, 0.3) is 0 Å². The number of benzene rings is 1. The van der Waals surface area contributed by atoms with Crippen LogP contribution in [0.4, 0.5) is 5.69 Å². The summed E-state index contributed by atoms with van der Waals surface area (Å²) in [6.45, 7) is 1.41. The molecule has 0 aliphatic carbocycles. The molecule has 0 heterocycles. The van der Waals surface area contributed by atoms with Crippen molar-refractivity contribution < 1.29 is 19.3 Å². The maximum absolute atomic E-state index is 9.55. The number of hydrogen-bond donors (Lipinski definition) is 2. The van der Waals surface area contributed by atoms with Gasteiger partial charge in [-0.15, -0.1) is 0 Å². The Morgan fingerprint density at radius 1 is 1.18 bits per heavy atom. The minimum atomic E-state index is -0.649. The minimum absolute atomic E-state index is 0.191. The zero-order chi connectivity index (χ0) is 12.5. The average Bonchev–Trinajstić information content (AvgIpc) is 2.34. The molecular formula is C12H19NO4. The second kappa shape index (κ2) is 7.89. The number of nitrogens with two attached hydrogens (primary N) is 1. The Kier molecular flexibility index (Phi) is 6.39. The van der Waals surface area contributed by atoms with Crippen molar-refractivity contribution >= 4 is 5.69 Å². The smallest absolute Gasteiger partial charge is 0.119 e. The first-order chi connectivity index (χ1) is 8.22. The van der Waals surface area contributed by atoms with Crippen molar-refractivity contribution in [3.8, 4) is 5.75 Å². The molecule has 0 spiro atoms. The lowest BCUT2D eigenvalue weighted by atomic mass is 10.3. The van der Waals surface area contributed by atoms with Crippen LogP contribution in [-0.4, -0.2) is 44.7 Å². The van der Waals surface area contributed by atoms with Crippen LogP contribution in [0.3, 0.4) is 0 Å². The fourth-order valence-electron chi connectivity index (χ4n) is 1.17. The summed E-state index contributed by atoms with van der Waals surface area (Å²) in [4.78, 5) is 0. The quantitative estimate of drug-likeness (QED) is 0.517. The molecule has 0 fully saturated rings. The SMILES string of the molecule is COCCOCC(O)COc1ccc(N)cc1. The third kappa shape index (κ3) is 6.11. The van der Waals surface area contributed by atoms with E-state index in [0.29, 0.717) is 24.7 Å². The molecule has 1 aromatic rings. The fraction of sp³-hybridized carbons (Fsp3) is 0.500. The summed E-state index contributed by atoms with van der Waals surface area (Å²) in [5.74, 6) is 0.676. The average molecular weight is 241 g/mol. The van der Waals surface area contributed by atoms with Gasteiger partial charge in [0, 0.05) is 12.8 Å². The van der Waals surface area contributed by atoms with E-state index in [2.05, 4.69) is 0 Å². The molecule has 96 valence electrons. The van der Waals surface area contributed by atoms with Crippen molar-refractivity contribution in [2.45, 2.75) is 6.10 Å². The summed E-state index contributed by atoms with van der Waals surface area (Å²) >= 11 is 0. The van der Waals surface area contributed by atoms with E-state index in [1.54, 1.807) is 31.4 Å². The number of aliphatic hydroxyl groups is 1. The van der Waals surface area contributed by atoms with Crippen molar-refractivity contribution in [3.63, 3.8) is 0 Å². The first kappa shape index (κ1) is 13.8. The number of rotatable bonds is 8. The van der Waals surface area contributed by atoms with E-state index in [1.165, 1.54) is 0 Å². The van der Waals surface area contributed by atoms with Gasteiger partial charge in [-0.05, 0) is 24.3 Å². The summed E-state index contributed by atoms with van der Waals surface area (Å²) in [6.07, 6.45) is -0.649. The molecule has 1 rings (SSSR count). The van der Waals surface area contributed by atoms with Gasteiger partial charge in [0.15, 0.2) is 0 Å². The van der Waals surface area contributed by atoms with E-state index in [4.69, 9.17) is 19.9 Å². The van der Waals surface area contributed by atoms with E-state index in [1.807, 2.05) is 0 Å². The molecule has 17 heavy (non-hydrogen) atoms. The van der Waals surface area contributed by atoms with Gasteiger partial charge in [0.05, 0.1) is 19.8 Å². The van der Waals surface area contributed by atoms with Crippen LogP contribution in [-0.2, 0) is 9.47 Å². The molecule has 0 saturated heterocycles. The first-order valence-electron chi connectivity index (χ1n) is 5.45. The number of anilines is 1. The fourth-order valence-corrected chi connectivity index (χ4v) is 1.17. The van der Waals surface area contributed by atoms with Crippen LogP contribution in [0.1, 0.15) is 0 Å². The molecule has 1 unspecified atom stereocenters. The molecule has 5 heteroatoms. The molecule has 0 amide bonds. The highest BCUT2D eigenvalue weighted by Gasteiger charge is 2.05. The van der Waals surface area contributed by atoms with Gasteiger partial charge in [-0.25, -0.2) is 0 Å². The monoisotopic (exact) mass is 241 g/mol. The maximum Gasteiger partial charge on any atom is 0.119 e. The zero-order valence-corrected chi connectivity index (χ0v) is 9.96. The Morgan fingerprint density at radius 2 is 1.88 bits per heavy atom. The molecule has 1 aromatic carbocycles. The van der Waals surface area contributed by atoms with E-state index >= 15 is 0 Å². The molecule has 1 atom stereocenters. The Labute approximate surface area is 101 Å². The van der Waals surface area contributed by atoms with Crippen LogP contribution >= 0.6 is 0 Å². The highest BCUT2D eigenvalue weighted by atomic mass is 16.5. The second-order valence-electron chi connectivity index (χ2n) is 3.60. The van der Waals surface area contributed by atoms with Gasteiger partial charge < -0.3 is 25.1 Å². The number of aliphatic hydroxyl groups excluding tert-OH is 1. The maximum atomic E-state index is 9.55. The summed E-state index contributed by atoms with van der Waals surface area (Å²) in [7, 11) is 1.60. The first-order valence-corrected chi connectivity index (χ1v) is 5.45. The van der Waals surface area contributed by atoms with Gasteiger partial charge in [0.2, 0.25) is 0 Å². The predicted octanol–water partition coefficient (Wildman–Crippen LogP) is 0.671. The van der Waals surface area contributed by atoms with Crippen LogP contribution in [0.5, 0.6) is 5.75 Å². The third-order valence-electron chi connectivity index (χ3n) is 2.06. The second-order valence-corrected chi connectivity index (χ2v) is 3.60. The van der Waals surface area contributed by atoms with Gasteiger partial charge in [0.25, 0.3) is 0 Å².